The number of aromatic nitrogens is 3. The highest BCUT2D eigenvalue weighted by molar-refractivity contribution is 6.29. The van der Waals surface area contributed by atoms with Crippen LogP contribution >= 0.6 is 11.6 Å². The maximum absolute atomic E-state index is 13.4. The minimum absolute atomic E-state index is 0.0492. The van der Waals surface area contributed by atoms with Crippen LogP contribution in [0.5, 0.6) is 0 Å². The lowest BCUT2D eigenvalue weighted by Crippen LogP contribution is -2.69. The van der Waals surface area contributed by atoms with E-state index in [2.05, 4.69) is 10.3 Å². The van der Waals surface area contributed by atoms with Gasteiger partial charge in [0, 0.05) is 18.0 Å². The van der Waals surface area contributed by atoms with Gasteiger partial charge in [0.25, 0.3) is 5.56 Å². The molecule has 3 saturated carbocycles. The van der Waals surface area contributed by atoms with Gasteiger partial charge < -0.3 is 15.5 Å². The SMILES string of the molecule is Cc1cc([C@@H](C)Nc2ccc(Cl)nc2C(=O)O)c2nc(C34CC(C(C)O)(C3)C4)n(C)c(=O)c2c1. The summed E-state index contributed by atoms with van der Waals surface area (Å²) >= 11 is 5.89. The van der Waals surface area contributed by atoms with Gasteiger partial charge >= 0.3 is 5.97 Å². The number of nitrogens with zero attached hydrogens (tertiary/aromatic N) is 3. The van der Waals surface area contributed by atoms with E-state index in [0.717, 1.165) is 36.2 Å². The smallest absolute Gasteiger partial charge is 0.356 e. The van der Waals surface area contributed by atoms with Gasteiger partial charge in [-0.25, -0.2) is 14.8 Å². The average Bonchev–Trinajstić information content (AvgIpc) is 2.70. The van der Waals surface area contributed by atoms with E-state index in [0.29, 0.717) is 16.6 Å². The maximum Gasteiger partial charge on any atom is 0.356 e. The number of aromatic carboxylic acids is 1. The third kappa shape index (κ3) is 3.23. The third-order valence-electron chi connectivity index (χ3n) is 7.69. The molecule has 3 aliphatic rings. The summed E-state index contributed by atoms with van der Waals surface area (Å²) in [5.74, 6) is -0.430. The number of pyridine rings is 1. The van der Waals surface area contributed by atoms with Crippen molar-refractivity contribution in [2.45, 2.75) is 57.6 Å². The predicted molar refractivity (Wildman–Crippen MR) is 130 cm³/mol. The fourth-order valence-electron chi connectivity index (χ4n) is 5.93. The summed E-state index contributed by atoms with van der Waals surface area (Å²) in [5, 5.41) is 23.5. The molecule has 0 amide bonds. The lowest BCUT2D eigenvalue weighted by molar-refractivity contribution is -0.206. The van der Waals surface area contributed by atoms with Gasteiger partial charge in [0.05, 0.1) is 28.7 Å². The Bertz CT molecular complexity index is 1390. The highest BCUT2D eigenvalue weighted by Crippen LogP contribution is 2.74. The van der Waals surface area contributed by atoms with E-state index in [-0.39, 0.29) is 39.4 Å². The summed E-state index contributed by atoms with van der Waals surface area (Å²) in [4.78, 5) is 34.0. The van der Waals surface area contributed by atoms with Crippen molar-refractivity contribution < 1.29 is 15.0 Å². The van der Waals surface area contributed by atoms with Crippen molar-refractivity contribution in [2.75, 3.05) is 5.32 Å². The molecule has 0 saturated heterocycles. The number of rotatable bonds is 6. The molecule has 3 fully saturated rings. The Kier molecular flexibility index (Phi) is 5.04. The van der Waals surface area contributed by atoms with Gasteiger partial charge in [-0.1, -0.05) is 17.7 Å². The molecule has 3 aromatic rings. The molecule has 6 rings (SSSR count). The molecule has 34 heavy (non-hydrogen) atoms. The Labute approximate surface area is 201 Å². The second-order valence-electron chi connectivity index (χ2n) is 10.1. The van der Waals surface area contributed by atoms with Gasteiger partial charge in [0.1, 0.15) is 11.0 Å². The predicted octanol–water partition coefficient (Wildman–Crippen LogP) is 3.96. The number of carbonyl (C=O) groups is 1. The first-order valence-corrected chi connectivity index (χ1v) is 11.7. The Morgan fingerprint density at radius 1 is 1.21 bits per heavy atom. The number of halogens is 1. The topological polar surface area (TPSA) is 117 Å². The maximum atomic E-state index is 13.4. The molecule has 2 aromatic heterocycles. The Balaban J connectivity index is 1.59. The number of hydrogen-bond donors (Lipinski definition) is 3. The van der Waals surface area contributed by atoms with Crippen LogP contribution in [0.25, 0.3) is 10.9 Å². The second kappa shape index (κ2) is 7.52. The zero-order valence-corrected chi connectivity index (χ0v) is 20.3. The van der Waals surface area contributed by atoms with E-state index in [1.165, 1.54) is 6.07 Å². The Morgan fingerprint density at radius 3 is 2.50 bits per heavy atom. The standard InChI is InChI=1S/C25H27ClN4O4/c1-12-7-15(13(2)27-17-5-6-18(26)28-20(17)22(33)34)19-16(8-12)21(32)30(4)23(29-19)25-9-24(10-25,11-25)14(3)31/h5-8,13-14,27,31H,9-11H2,1-4H3,(H,33,34)/t13-,14?,24?,25?/m1/s1. The highest BCUT2D eigenvalue weighted by atomic mass is 35.5. The van der Waals surface area contributed by atoms with Crippen LogP contribution in [0.2, 0.25) is 5.15 Å². The van der Waals surface area contributed by atoms with Crippen molar-refractivity contribution in [3.05, 3.63) is 62.4 Å². The van der Waals surface area contributed by atoms with Crippen LogP contribution in [0.15, 0.2) is 29.1 Å². The number of nitrogens with one attached hydrogen (secondary N) is 1. The van der Waals surface area contributed by atoms with Gasteiger partial charge in [-0.15, -0.1) is 0 Å². The van der Waals surface area contributed by atoms with E-state index in [1.807, 2.05) is 32.9 Å². The molecule has 2 heterocycles. The molecular formula is C25H27ClN4O4. The minimum Gasteiger partial charge on any atom is -0.476 e. The van der Waals surface area contributed by atoms with Crippen molar-refractivity contribution in [2.24, 2.45) is 12.5 Å². The number of hydrogen-bond acceptors (Lipinski definition) is 6. The minimum atomic E-state index is -1.18. The van der Waals surface area contributed by atoms with Crippen LogP contribution < -0.4 is 10.9 Å². The third-order valence-corrected chi connectivity index (χ3v) is 7.90. The monoisotopic (exact) mass is 482 g/mol. The molecule has 178 valence electrons. The van der Waals surface area contributed by atoms with Gasteiger partial charge in [-0.3, -0.25) is 9.36 Å². The number of fused-ring (bicyclic) bond motifs is 1. The van der Waals surface area contributed by atoms with Gasteiger partial charge in [-0.05, 0) is 69.2 Å². The summed E-state index contributed by atoms with van der Waals surface area (Å²) in [6, 6.07) is 6.58. The van der Waals surface area contributed by atoms with Crippen molar-refractivity contribution in [3.63, 3.8) is 0 Å². The van der Waals surface area contributed by atoms with Gasteiger partial charge in [0.2, 0.25) is 0 Å². The lowest BCUT2D eigenvalue weighted by atomic mass is 9.33. The zero-order chi connectivity index (χ0) is 24.6. The van der Waals surface area contributed by atoms with E-state index in [9.17, 15) is 19.8 Å². The number of anilines is 1. The first-order valence-electron chi connectivity index (χ1n) is 11.3. The van der Waals surface area contributed by atoms with Crippen LogP contribution in [0.3, 0.4) is 0 Å². The first-order chi connectivity index (χ1) is 16.0. The van der Waals surface area contributed by atoms with E-state index >= 15 is 0 Å². The molecule has 1 unspecified atom stereocenters. The average molecular weight is 483 g/mol. The first kappa shape index (κ1) is 22.8. The molecule has 2 bridgehead atoms. The van der Waals surface area contributed by atoms with E-state index < -0.39 is 5.97 Å². The van der Waals surface area contributed by atoms with Crippen LogP contribution in [-0.2, 0) is 12.5 Å². The van der Waals surface area contributed by atoms with Crippen LogP contribution in [-0.4, -0.2) is 36.8 Å². The zero-order valence-electron chi connectivity index (χ0n) is 19.5. The quantitative estimate of drug-likeness (QED) is 0.455. The molecule has 9 heteroatoms. The molecule has 8 nitrogen and oxygen atoms in total. The number of carboxylic acid groups (broad SMARTS) is 1. The van der Waals surface area contributed by atoms with Crippen LogP contribution in [0.4, 0.5) is 5.69 Å². The van der Waals surface area contributed by atoms with Crippen molar-refractivity contribution in [1.29, 1.82) is 0 Å². The summed E-state index contributed by atoms with van der Waals surface area (Å²) in [5.41, 5.74) is 2.16. The number of aliphatic hydroxyl groups excluding tert-OH is 1. The van der Waals surface area contributed by atoms with Gasteiger partial charge in [0.15, 0.2) is 5.69 Å². The molecule has 0 aliphatic heterocycles. The summed E-state index contributed by atoms with van der Waals surface area (Å²) in [6.45, 7) is 5.65. The number of carboxylic acids is 1. The lowest BCUT2D eigenvalue weighted by Gasteiger charge is -2.71. The fraction of sp³-hybridized carbons (Fsp3) is 0.440. The molecular weight excluding hydrogens is 456 g/mol. The molecule has 2 atom stereocenters. The Hall–Kier alpha value is -2.97. The normalized spacial score (nSPS) is 24.8. The molecule has 0 spiro atoms. The number of aryl methyl sites for hydroxylation is 1. The van der Waals surface area contributed by atoms with Crippen molar-refractivity contribution >= 4 is 34.2 Å². The van der Waals surface area contributed by atoms with E-state index in [1.54, 1.807) is 17.7 Å². The molecule has 0 radical (unpaired) electrons. The number of benzene rings is 1. The molecule has 1 aromatic carbocycles. The van der Waals surface area contributed by atoms with Crippen LogP contribution in [0.1, 0.15) is 66.6 Å². The van der Waals surface area contributed by atoms with Crippen molar-refractivity contribution in [3.8, 4) is 0 Å². The largest absolute Gasteiger partial charge is 0.476 e. The summed E-state index contributed by atoms with van der Waals surface area (Å²) < 4.78 is 1.65. The molecule has 3 aliphatic carbocycles. The number of aliphatic hydroxyl groups is 1. The van der Waals surface area contributed by atoms with Crippen molar-refractivity contribution in [1.82, 2.24) is 14.5 Å². The second-order valence-corrected chi connectivity index (χ2v) is 10.5. The fourth-order valence-corrected chi connectivity index (χ4v) is 6.08. The summed E-state index contributed by atoms with van der Waals surface area (Å²) in [7, 11) is 1.77. The Morgan fingerprint density at radius 2 is 1.88 bits per heavy atom. The van der Waals surface area contributed by atoms with Gasteiger partial charge in [-0.2, -0.15) is 0 Å². The summed E-state index contributed by atoms with van der Waals surface area (Å²) in [6.07, 6.45) is 2.12. The molecule has 3 N–H and O–H groups in total. The van der Waals surface area contributed by atoms with Crippen LogP contribution in [0, 0.1) is 12.3 Å². The highest BCUT2D eigenvalue weighted by Gasteiger charge is 2.71. The van der Waals surface area contributed by atoms with E-state index in [4.69, 9.17) is 16.6 Å².